The zero-order valence-corrected chi connectivity index (χ0v) is 22.3. The van der Waals surface area contributed by atoms with E-state index in [1.165, 1.54) is 19.1 Å². The number of rotatable bonds is 14. The molecule has 0 bridgehead atoms. The second kappa shape index (κ2) is 15.5. The molecule has 0 fully saturated rings. The van der Waals surface area contributed by atoms with Crippen molar-refractivity contribution in [3.63, 3.8) is 0 Å². The smallest absolute Gasteiger partial charge is 0.370 e. The lowest BCUT2D eigenvalue weighted by atomic mass is 9.76. The number of guanidine groups is 1. The summed E-state index contributed by atoms with van der Waals surface area (Å²) in [6.45, 7) is 0.942. The summed E-state index contributed by atoms with van der Waals surface area (Å²) in [7, 11) is -0.584. The maximum Gasteiger partial charge on any atom is 0.370 e. The Morgan fingerprint density at radius 2 is 1.73 bits per heavy atom. The van der Waals surface area contributed by atoms with E-state index < -0.39 is 73.2 Å². The molecule has 2 rings (SSSR count). The van der Waals surface area contributed by atoms with Crippen LogP contribution in [0.2, 0.25) is 0 Å². The van der Waals surface area contributed by atoms with E-state index in [-0.39, 0.29) is 56.3 Å². The van der Waals surface area contributed by atoms with Gasteiger partial charge in [-0.05, 0) is 25.0 Å². The quantitative estimate of drug-likeness (QED) is 0.0564. The van der Waals surface area contributed by atoms with E-state index in [1.54, 1.807) is 0 Å². The van der Waals surface area contributed by atoms with Gasteiger partial charge >= 0.3 is 19.2 Å². The number of carbonyl (C=O) groups excluding carboxylic acids is 3. The van der Waals surface area contributed by atoms with Crippen LogP contribution in [0.3, 0.4) is 0 Å². The third-order valence-electron chi connectivity index (χ3n) is 6.06. The number of amides is 3. The molecular weight excluding hydrogens is 547 g/mol. The van der Waals surface area contributed by atoms with Crippen LogP contribution in [0.4, 0.5) is 9.59 Å². The maximum absolute atomic E-state index is 12.1. The number of hydrogen-bond acceptors (Lipinski definition) is 10. The molecule has 0 saturated heterocycles. The standard InChI is InChI=1S/C23H35BN6O11/c1-10(31)29-14-2-3-16(19(34)35)41-18(14)15(33)4-5-27-21(38)24-22(39)28-9-12(32)8-13-6-11(30-23(25)26)7-17(40-13)20(36)37/h3,7,11-15,18,24,32-33H,2,4-6,8-9H2,1H3,(H,27,38)(H,28,39)(H,29,31)(H,34,35)(H,36,37)(H4,25,26,30)/t11-,12+,13?,14-,15-,18-/m1/s1. The molecule has 3 amide bonds. The van der Waals surface area contributed by atoms with Gasteiger partial charge in [-0.2, -0.15) is 0 Å². The normalized spacial score (nSPS) is 23.1. The summed E-state index contributed by atoms with van der Waals surface area (Å²) in [5.41, 5.74) is 5.30. The molecule has 0 saturated carbocycles. The number of ether oxygens (including phenoxy) is 2. The molecule has 18 heteroatoms. The molecule has 1 unspecified atom stereocenters. The van der Waals surface area contributed by atoms with Crippen molar-refractivity contribution < 1.29 is 53.9 Å². The molecule has 11 N–H and O–H groups in total. The lowest BCUT2D eigenvalue weighted by Crippen LogP contribution is -2.51. The minimum Gasteiger partial charge on any atom is -0.483 e. The van der Waals surface area contributed by atoms with Crippen molar-refractivity contribution in [3.8, 4) is 0 Å². The molecule has 0 aliphatic carbocycles. The highest BCUT2D eigenvalue weighted by Gasteiger charge is 2.35. The minimum atomic E-state index is -1.33. The molecule has 0 aromatic heterocycles. The number of aliphatic carboxylic acids is 2. The Morgan fingerprint density at radius 1 is 1.07 bits per heavy atom. The molecule has 2 aliphatic heterocycles. The molecule has 2 aliphatic rings. The summed E-state index contributed by atoms with van der Waals surface area (Å²) < 4.78 is 10.7. The summed E-state index contributed by atoms with van der Waals surface area (Å²) in [5.74, 6) is -5.51. The number of nitrogens with two attached hydrogens (primary N) is 1. The van der Waals surface area contributed by atoms with Crippen LogP contribution in [-0.2, 0) is 23.9 Å². The molecule has 0 radical (unpaired) electrons. The van der Waals surface area contributed by atoms with Crippen LogP contribution in [0, 0.1) is 5.41 Å². The number of hydrogen-bond donors (Lipinski definition) is 10. The predicted octanol–water partition coefficient (Wildman–Crippen LogP) is -2.78. The number of aliphatic hydroxyl groups is 2. The van der Waals surface area contributed by atoms with Gasteiger partial charge in [0.1, 0.15) is 12.2 Å². The van der Waals surface area contributed by atoms with E-state index in [0.29, 0.717) is 0 Å². The van der Waals surface area contributed by atoms with Crippen molar-refractivity contribution in [1.29, 1.82) is 5.41 Å². The fourth-order valence-electron chi connectivity index (χ4n) is 4.31. The summed E-state index contributed by atoms with van der Waals surface area (Å²) in [6, 6.07) is -1.28. The number of carboxylic acids is 2. The van der Waals surface area contributed by atoms with Crippen LogP contribution < -0.4 is 27.0 Å². The molecule has 0 spiro atoms. The first kappa shape index (κ1) is 32.9. The second-order valence-corrected chi connectivity index (χ2v) is 9.55. The van der Waals surface area contributed by atoms with Crippen molar-refractivity contribution in [3.05, 3.63) is 23.7 Å². The van der Waals surface area contributed by atoms with Gasteiger partial charge in [0.15, 0.2) is 17.6 Å². The van der Waals surface area contributed by atoms with Crippen LogP contribution in [0.15, 0.2) is 23.7 Å². The topological polar surface area (TPSA) is 283 Å². The lowest BCUT2D eigenvalue weighted by Gasteiger charge is -2.34. The van der Waals surface area contributed by atoms with E-state index in [2.05, 4.69) is 21.3 Å². The molecule has 41 heavy (non-hydrogen) atoms. The summed E-state index contributed by atoms with van der Waals surface area (Å²) in [4.78, 5) is 58.2. The van der Waals surface area contributed by atoms with Crippen LogP contribution >= 0.6 is 0 Å². The Morgan fingerprint density at radius 3 is 2.34 bits per heavy atom. The lowest BCUT2D eigenvalue weighted by molar-refractivity contribution is -0.141. The molecule has 2 heterocycles. The summed E-state index contributed by atoms with van der Waals surface area (Å²) in [5, 5.41) is 56.5. The Labute approximate surface area is 235 Å². The summed E-state index contributed by atoms with van der Waals surface area (Å²) in [6.07, 6.45) is -1.42. The number of nitrogens with one attached hydrogen (secondary N) is 5. The Bertz CT molecular complexity index is 1080. The van der Waals surface area contributed by atoms with E-state index in [0.717, 1.165) is 0 Å². The predicted molar refractivity (Wildman–Crippen MR) is 142 cm³/mol. The van der Waals surface area contributed by atoms with E-state index in [4.69, 9.17) is 25.7 Å². The van der Waals surface area contributed by atoms with Crippen molar-refractivity contribution in [2.75, 3.05) is 13.1 Å². The third-order valence-corrected chi connectivity index (χ3v) is 6.06. The zero-order valence-electron chi connectivity index (χ0n) is 22.3. The highest BCUT2D eigenvalue weighted by atomic mass is 16.5. The zero-order chi connectivity index (χ0) is 30.7. The second-order valence-electron chi connectivity index (χ2n) is 9.55. The van der Waals surface area contributed by atoms with Gasteiger partial charge < -0.3 is 56.9 Å². The molecular formula is C23H35BN6O11. The SMILES string of the molecule is CC(=O)N[C@@H]1CC=C(C(=O)O)O[C@H]1[C@H](O)CCNC(=O)BC(=O)NC[C@@H](O)CC1C[C@@H](NC(=N)N)C=C(C(=O)O)O1. The molecule has 0 aromatic carbocycles. The maximum atomic E-state index is 12.1. The van der Waals surface area contributed by atoms with Gasteiger partial charge in [-0.3, -0.25) is 19.8 Å². The number of carboxylic acid groups (broad SMARTS) is 2. The molecule has 226 valence electrons. The average molecular weight is 582 g/mol. The van der Waals surface area contributed by atoms with Crippen molar-refractivity contribution in [2.45, 2.75) is 69.1 Å². The first-order chi connectivity index (χ1) is 19.2. The van der Waals surface area contributed by atoms with Gasteiger partial charge in [-0.1, -0.05) is 0 Å². The Kier molecular flexibility index (Phi) is 12.4. The average Bonchev–Trinajstić information content (AvgIpc) is 2.86. The van der Waals surface area contributed by atoms with E-state index in [1.807, 2.05) is 0 Å². The van der Waals surface area contributed by atoms with Gasteiger partial charge in [0, 0.05) is 32.9 Å². The third kappa shape index (κ3) is 11.4. The minimum absolute atomic E-state index is 0.0490. The highest BCUT2D eigenvalue weighted by Crippen LogP contribution is 2.23. The van der Waals surface area contributed by atoms with Gasteiger partial charge in [0.25, 0.3) is 0 Å². The molecule has 0 aromatic rings. The number of carbonyl (C=O) groups is 5. The van der Waals surface area contributed by atoms with Gasteiger partial charge in [0.05, 0.1) is 24.3 Å². The fraction of sp³-hybridized carbons (Fsp3) is 0.565. The summed E-state index contributed by atoms with van der Waals surface area (Å²) >= 11 is 0. The van der Waals surface area contributed by atoms with Crippen LogP contribution in [0.5, 0.6) is 0 Å². The van der Waals surface area contributed by atoms with Crippen molar-refractivity contribution in [1.82, 2.24) is 21.3 Å². The Hall–Kier alpha value is -4.32. The van der Waals surface area contributed by atoms with Crippen LogP contribution in [0.25, 0.3) is 0 Å². The van der Waals surface area contributed by atoms with Gasteiger partial charge in [-0.25, -0.2) is 9.59 Å². The fourth-order valence-corrected chi connectivity index (χ4v) is 4.31. The van der Waals surface area contributed by atoms with E-state index >= 15 is 0 Å². The largest absolute Gasteiger partial charge is 0.483 e. The van der Waals surface area contributed by atoms with Gasteiger partial charge in [-0.15, -0.1) is 0 Å². The Balaban J connectivity index is 1.74. The molecule has 6 atom stereocenters. The van der Waals surface area contributed by atoms with Crippen LogP contribution in [-0.4, -0.2) is 113 Å². The first-order valence-corrected chi connectivity index (χ1v) is 12.7. The van der Waals surface area contributed by atoms with Crippen molar-refractivity contribution >= 4 is 42.7 Å². The first-order valence-electron chi connectivity index (χ1n) is 12.7. The van der Waals surface area contributed by atoms with Gasteiger partial charge in [0.2, 0.25) is 17.4 Å². The van der Waals surface area contributed by atoms with Crippen molar-refractivity contribution in [2.24, 2.45) is 5.73 Å². The monoisotopic (exact) mass is 582 g/mol. The number of aliphatic hydroxyl groups excluding tert-OH is 2. The molecule has 17 nitrogen and oxygen atoms in total. The van der Waals surface area contributed by atoms with E-state index in [9.17, 15) is 39.3 Å². The van der Waals surface area contributed by atoms with Crippen LogP contribution in [0.1, 0.15) is 32.6 Å². The highest BCUT2D eigenvalue weighted by molar-refractivity contribution is 6.96.